The van der Waals surface area contributed by atoms with E-state index in [1.807, 2.05) is 0 Å². The molecule has 0 bridgehead atoms. The third-order valence-corrected chi connectivity index (χ3v) is 3.63. The fourth-order valence-electron chi connectivity index (χ4n) is 1.76. The summed E-state index contributed by atoms with van der Waals surface area (Å²) in [6.07, 6.45) is 2.94. The second-order valence-corrected chi connectivity index (χ2v) is 5.40. The summed E-state index contributed by atoms with van der Waals surface area (Å²) in [5, 5.41) is 6.05. The molecule has 2 amide bonds. The highest BCUT2D eigenvalue weighted by atomic mass is 35.5. The first-order valence-electron chi connectivity index (χ1n) is 6.48. The Morgan fingerprint density at radius 2 is 2.09 bits per heavy atom. The molecule has 0 aliphatic heterocycles. The van der Waals surface area contributed by atoms with E-state index in [9.17, 15) is 9.59 Å². The molecule has 0 aliphatic carbocycles. The molecule has 0 radical (unpaired) electrons. The fraction of sp³-hybridized carbons (Fsp3) is 0.214. The molecule has 1 heterocycles. The number of halogens is 2. The Morgan fingerprint density at radius 3 is 2.82 bits per heavy atom. The Balaban J connectivity index is 1.86. The summed E-state index contributed by atoms with van der Waals surface area (Å²) in [5.74, 6) is 0. The van der Waals surface area contributed by atoms with Crippen molar-refractivity contribution in [1.82, 2.24) is 14.9 Å². The Labute approximate surface area is 137 Å². The smallest absolute Gasteiger partial charge is 0.319 e. The number of rotatable bonds is 4. The van der Waals surface area contributed by atoms with Crippen molar-refractivity contribution in [2.75, 3.05) is 11.9 Å². The van der Waals surface area contributed by atoms with Crippen LogP contribution >= 0.6 is 23.2 Å². The van der Waals surface area contributed by atoms with Gasteiger partial charge in [0.05, 0.1) is 16.4 Å². The Kier molecular flexibility index (Phi) is 5.41. The monoisotopic (exact) mass is 340 g/mol. The van der Waals surface area contributed by atoms with Gasteiger partial charge in [-0.05, 0) is 25.1 Å². The highest BCUT2D eigenvalue weighted by Gasteiger charge is 2.05. The van der Waals surface area contributed by atoms with Crippen molar-refractivity contribution in [1.29, 1.82) is 0 Å². The molecule has 2 aromatic rings. The number of hydrogen-bond acceptors (Lipinski definition) is 3. The molecule has 0 atom stereocenters. The zero-order valence-electron chi connectivity index (χ0n) is 11.8. The number of benzene rings is 1. The minimum absolute atomic E-state index is 0.123. The Bertz CT molecular complexity index is 746. The lowest BCUT2D eigenvalue weighted by atomic mass is 10.3. The van der Waals surface area contributed by atoms with E-state index in [1.165, 1.54) is 17.1 Å². The van der Waals surface area contributed by atoms with Gasteiger partial charge in [-0.15, -0.1) is 0 Å². The van der Waals surface area contributed by atoms with Crippen molar-refractivity contribution >= 4 is 34.9 Å². The van der Waals surface area contributed by atoms with Gasteiger partial charge in [-0.25, -0.2) is 9.78 Å². The van der Waals surface area contributed by atoms with Crippen LogP contribution in [-0.2, 0) is 6.54 Å². The highest BCUT2D eigenvalue weighted by Crippen LogP contribution is 2.24. The summed E-state index contributed by atoms with van der Waals surface area (Å²) in [5.41, 5.74) is 0.964. The van der Waals surface area contributed by atoms with Crippen LogP contribution in [0.1, 0.15) is 5.56 Å². The molecule has 116 valence electrons. The van der Waals surface area contributed by atoms with E-state index in [1.54, 1.807) is 25.1 Å². The van der Waals surface area contributed by atoms with Gasteiger partial charge in [-0.2, -0.15) is 0 Å². The second-order valence-electron chi connectivity index (χ2n) is 4.58. The van der Waals surface area contributed by atoms with Gasteiger partial charge in [0.25, 0.3) is 5.56 Å². The standard InChI is InChI=1S/C14H14Cl2N4O2/c1-9-7-17-8-20(13(9)21)5-4-18-14(22)19-10-2-3-11(15)12(16)6-10/h2-3,6-8H,4-5H2,1H3,(H2,18,19,22). The van der Waals surface area contributed by atoms with Crippen molar-refractivity contribution in [3.8, 4) is 0 Å². The molecule has 2 N–H and O–H groups in total. The van der Waals surface area contributed by atoms with E-state index < -0.39 is 6.03 Å². The first kappa shape index (κ1) is 16.3. The molecule has 6 nitrogen and oxygen atoms in total. The zero-order chi connectivity index (χ0) is 16.1. The SMILES string of the molecule is Cc1cncn(CCNC(=O)Nc2ccc(Cl)c(Cl)c2)c1=O. The molecule has 0 spiro atoms. The molecule has 22 heavy (non-hydrogen) atoms. The van der Waals surface area contributed by atoms with Crippen LogP contribution in [0.4, 0.5) is 10.5 Å². The van der Waals surface area contributed by atoms with Crippen LogP contribution in [0.25, 0.3) is 0 Å². The summed E-state index contributed by atoms with van der Waals surface area (Å²) in [7, 11) is 0. The van der Waals surface area contributed by atoms with E-state index in [0.29, 0.717) is 27.8 Å². The van der Waals surface area contributed by atoms with Gasteiger partial charge in [0.2, 0.25) is 0 Å². The third kappa shape index (κ3) is 4.22. The molecular formula is C14H14Cl2N4O2. The lowest BCUT2D eigenvalue weighted by Gasteiger charge is -2.09. The van der Waals surface area contributed by atoms with Crippen molar-refractivity contribution in [3.05, 3.63) is 56.7 Å². The number of carbonyl (C=O) groups is 1. The normalized spacial score (nSPS) is 10.3. The number of aromatic nitrogens is 2. The van der Waals surface area contributed by atoms with Crippen LogP contribution in [0.15, 0.2) is 35.5 Å². The zero-order valence-corrected chi connectivity index (χ0v) is 13.3. The molecule has 8 heteroatoms. The van der Waals surface area contributed by atoms with Crippen molar-refractivity contribution in [2.45, 2.75) is 13.5 Å². The van der Waals surface area contributed by atoms with E-state index in [2.05, 4.69) is 15.6 Å². The maximum absolute atomic E-state index is 11.8. The van der Waals surface area contributed by atoms with Crippen molar-refractivity contribution in [2.24, 2.45) is 0 Å². The first-order valence-corrected chi connectivity index (χ1v) is 7.24. The third-order valence-electron chi connectivity index (χ3n) is 2.89. The van der Waals surface area contributed by atoms with Crippen LogP contribution in [0.3, 0.4) is 0 Å². The minimum atomic E-state index is -0.396. The predicted octanol–water partition coefficient (Wildman–Crippen LogP) is 2.68. The summed E-state index contributed by atoms with van der Waals surface area (Å²) < 4.78 is 1.44. The fourth-order valence-corrected chi connectivity index (χ4v) is 2.06. The average Bonchev–Trinajstić information content (AvgIpc) is 2.47. The maximum atomic E-state index is 11.8. The van der Waals surface area contributed by atoms with Gasteiger partial charge in [0.1, 0.15) is 0 Å². The molecule has 0 aliphatic rings. The van der Waals surface area contributed by atoms with Crippen molar-refractivity contribution < 1.29 is 4.79 Å². The van der Waals surface area contributed by atoms with Gasteiger partial charge >= 0.3 is 6.03 Å². The maximum Gasteiger partial charge on any atom is 0.319 e. The topological polar surface area (TPSA) is 76.0 Å². The van der Waals surface area contributed by atoms with Crippen LogP contribution < -0.4 is 16.2 Å². The van der Waals surface area contributed by atoms with Crippen LogP contribution in [0.2, 0.25) is 10.0 Å². The summed E-state index contributed by atoms with van der Waals surface area (Å²) in [6.45, 7) is 2.32. The molecule has 1 aromatic heterocycles. The Morgan fingerprint density at radius 1 is 1.32 bits per heavy atom. The number of hydrogen-bond donors (Lipinski definition) is 2. The number of anilines is 1. The van der Waals surface area contributed by atoms with Crippen molar-refractivity contribution in [3.63, 3.8) is 0 Å². The summed E-state index contributed by atoms with van der Waals surface area (Å²) in [6, 6.07) is 4.39. The van der Waals surface area contributed by atoms with Gasteiger partial charge in [-0.3, -0.25) is 9.36 Å². The van der Waals surface area contributed by atoms with E-state index >= 15 is 0 Å². The molecule has 0 saturated carbocycles. The van der Waals surface area contributed by atoms with Gasteiger partial charge < -0.3 is 10.6 Å². The van der Waals surface area contributed by atoms with Gasteiger partial charge in [-0.1, -0.05) is 23.2 Å². The lowest BCUT2D eigenvalue weighted by molar-refractivity contribution is 0.251. The number of carbonyl (C=O) groups excluding carboxylic acids is 1. The number of amides is 2. The molecule has 0 fully saturated rings. The van der Waals surface area contributed by atoms with E-state index in [-0.39, 0.29) is 12.1 Å². The number of nitrogens with zero attached hydrogens (tertiary/aromatic N) is 2. The quantitative estimate of drug-likeness (QED) is 0.898. The van der Waals surface area contributed by atoms with Crippen LogP contribution in [0, 0.1) is 6.92 Å². The van der Waals surface area contributed by atoms with E-state index in [4.69, 9.17) is 23.2 Å². The largest absolute Gasteiger partial charge is 0.336 e. The van der Waals surface area contributed by atoms with Gasteiger partial charge in [0.15, 0.2) is 0 Å². The number of nitrogens with one attached hydrogen (secondary N) is 2. The van der Waals surface area contributed by atoms with Crippen LogP contribution in [0.5, 0.6) is 0 Å². The first-order chi connectivity index (χ1) is 10.5. The van der Waals surface area contributed by atoms with Crippen LogP contribution in [-0.4, -0.2) is 22.1 Å². The predicted molar refractivity (Wildman–Crippen MR) is 86.7 cm³/mol. The average molecular weight is 341 g/mol. The van der Waals surface area contributed by atoms with E-state index in [0.717, 1.165) is 0 Å². The molecule has 0 unspecified atom stereocenters. The lowest BCUT2D eigenvalue weighted by Crippen LogP contribution is -2.34. The molecular weight excluding hydrogens is 327 g/mol. The number of urea groups is 1. The number of aryl methyl sites for hydroxylation is 1. The minimum Gasteiger partial charge on any atom is -0.336 e. The molecule has 2 rings (SSSR count). The molecule has 0 saturated heterocycles. The summed E-state index contributed by atoms with van der Waals surface area (Å²) in [4.78, 5) is 27.5. The van der Waals surface area contributed by atoms with Gasteiger partial charge in [0, 0.05) is 30.5 Å². The summed E-state index contributed by atoms with van der Waals surface area (Å²) >= 11 is 11.7. The Hall–Kier alpha value is -2.05. The highest BCUT2D eigenvalue weighted by molar-refractivity contribution is 6.42. The second kappa shape index (κ2) is 7.29. The molecule has 1 aromatic carbocycles.